The van der Waals surface area contributed by atoms with E-state index < -0.39 is 0 Å². The topological polar surface area (TPSA) is 53.4 Å². The molecule has 0 aromatic carbocycles. The minimum absolute atomic E-state index is 0.223. The molecule has 0 N–H and O–H groups in total. The van der Waals surface area contributed by atoms with Crippen LogP contribution < -0.4 is 5.69 Å². The zero-order valence-corrected chi connectivity index (χ0v) is 9.52. The number of hydrogen-bond donors (Lipinski definition) is 0. The molecule has 1 fully saturated rings. The third-order valence-electron chi connectivity index (χ3n) is 2.33. The van der Waals surface area contributed by atoms with Crippen LogP contribution in [-0.4, -0.2) is 29.1 Å². The van der Waals surface area contributed by atoms with Gasteiger partial charge in [-0.25, -0.2) is 9.78 Å². The lowest BCUT2D eigenvalue weighted by molar-refractivity contribution is -0.182. The summed E-state index contributed by atoms with van der Waals surface area (Å²) in [5, 5.41) is 0.449. The molecule has 0 aliphatic carbocycles. The Hall–Kier alpha value is -0.910. The van der Waals surface area contributed by atoms with Crippen LogP contribution >= 0.6 is 11.6 Å². The first kappa shape index (κ1) is 11.6. The van der Waals surface area contributed by atoms with Crippen LogP contribution in [0.1, 0.15) is 12.8 Å². The minimum atomic E-state index is -0.305. The molecule has 1 aliphatic heterocycles. The normalized spacial score (nSPS) is 17.6. The number of aromatic nitrogens is 2. The summed E-state index contributed by atoms with van der Waals surface area (Å²) in [6.07, 6.45) is 4.24. The smallest absolute Gasteiger partial charge is 0.347 e. The van der Waals surface area contributed by atoms with E-state index >= 15 is 0 Å². The van der Waals surface area contributed by atoms with E-state index in [4.69, 9.17) is 21.1 Å². The van der Waals surface area contributed by atoms with Crippen LogP contribution in [0.5, 0.6) is 0 Å². The van der Waals surface area contributed by atoms with Gasteiger partial charge < -0.3 is 9.47 Å². The van der Waals surface area contributed by atoms with E-state index in [1.807, 2.05) is 0 Å². The van der Waals surface area contributed by atoms with Gasteiger partial charge in [-0.15, -0.1) is 0 Å². The van der Waals surface area contributed by atoms with Crippen molar-refractivity contribution >= 4 is 11.6 Å². The Morgan fingerprint density at radius 3 is 3.00 bits per heavy atom. The summed E-state index contributed by atoms with van der Waals surface area (Å²) in [5.41, 5.74) is -0.305. The molecule has 0 saturated carbocycles. The first-order valence-electron chi connectivity index (χ1n) is 5.21. The summed E-state index contributed by atoms with van der Waals surface area (Å²) in [7, 11) is 0. The Morgan fingerprint density at radius 1 is 1.50 bits per heavy atom. The lowest BCUT2D eigenvalue weighted by atomic mass is 10.3. The molecule has 2 rings (SSSR count). The Kier molecular flexibility index (Phi) is 3.93. The highest BCUT2D eigenvalue weighted by Crippen LogP contribution is 2.09. The van der Waals surface area contributed by atoms with Crippen LogP contribution in [0.15, 0.2) is 17.2 Å². The molecule has 6 heteroatoms. The van der Waals surface area contributed by atoms with Gasteiger partial charge in [0.2, 0.25) is 0 Å². The largest absolute Gasteiger partial charge is 0.353 e. The number of nitrogens with zero attached hydrogens (tertiary/aromatic N) is 2. The fourth-order valence-corrected chi connectivity index (χ4v) is 1.70. The van der Waals surface area contributed by atoms with Crippen LogP contribution in [0.2, 0.25) is 5.02 Å². The van der Waals surface area contributed by atoms with Gasteiger partial charge in [0.1, 0.15) is 0 Å². The van der Waals surface area contributed by atoms with Crippen molar-refractivity contribution in [1.29, 1.82) is 0 Å². The second-order valence-electron chi connectivity index (χ2n) is 3.56. The van der Waals surface area contributed by atoms with Crippen molar-refractivity contribution in [3.8, 4) is 0 Å². The fourth-order valence-electron chi connectivity index (χ4n) is 1.54. The van der Waals surface area contributed by atoms with Crippen LogP contribution in [0.4, 0.5) is 0 Å². The highest BCUT2D eigenvalue weighted by atomic mass is 35.5. The molecule has 0 atom stereocenters. The third-order valence-corrected chi connectivity index (χ3v) is 2.52. The van der Waals surface area contributed by atoms with Gasteiger partial charge in [-0.1, -0.05) is 11.6 Å². The lowest BCUT2D eigenvalue weighted by Gasteiger charge is -2.23. The zero-order chi connectivity index (χ0) is 11.4. The average molecular weight is 245 g/mol. The summed E-state index contributed by atoms with van der Waals surface area (Å²) < 4.78 is 12.2. The minimum Gasteiger partial charge on any atom is -0.353 e. The second kappa shape index (κ2) is 5.43. The van der Waals surface area contributed by atoms with E-state index in [2.05, 4.69) is 4.98 Å². The number of rotatable bonds is 3. The van der Waals surface area contributed by atoms with Crippen molar-refractivity contribution in [3.05, 3.63) is 27.9 Å². The van der Waals surface area contributed by atoms with Crippen LogP contribution in [-0.2, 0) is 16.0 Å². The van der Waals surface area contributed by atoms with Crippen LogP contribution in [0.3, 0.4) is 0 Å². The molecular weight excluding hydrogens is 232 g/mol. The first-order chi connectivity index (χ1) is 7.75. The standard InChI is InChI=1S/C10H13ClN2O3/c11-8-6-12-10(14)13(7-8)3-2-9-15-4-1-5-16-9/h6-7,9H,1-5H2. The molecule has 1 aromatic heterocycles. The van der Waals surface area contributed by atoms with E-state index in [1.165, 1.54) is 10.8 Å². The summed E-state index contributed by atoms with van der Waals surface area (Å²) in [4.78, 5) is 15.0. The van der Waals surface area contributed by atoms with E-state index in [0.717, 1.165) is 6.42 Å². The van der Waals surface area contributed by atoms with E-state index in [1.54, 1.807) is 6.20 Å². The van der Waals surface area contributed by atoms with Crippen molar-refractivity contribution < 1.29 is 9.47 Å². The van der Waals surface area contributed by atoms with Gasteiger partial charge in [-0.2, -0.15) is 0 Å². The molecule has 0 bridgehead atoms. The van der Waals surface area contributed by atoms with Crippen molar-refractivity contribution in [2.75, 3.05) is 13.2 Å². The Labute approximate surface area is 98.0 Å². The summed E-state index contributed by atoms with van der Waals surface area (Å²) in [5.74, 6) is 0. The zero-order valence-electron chi connectivity index (χ0n) is 8.76. The van der Waals surface area contributed by atoms with Gasteiger partial charge in [-0.3, -0.25) is 4.57 Å². The monoisotopic (exact) mass is 244 g/mol. The molecule has 0 unspecified atom stereocenters. The summed E-state index contributed by atoms with van der Waals surface area (Å²) in [6.45, 7) is 1.93. The van der Waals surface area contributed by atoms with Gasteiger partial charge in [-0.05, 0) is 6.42 Å². The van der Waals surface area contributed by atoms with E-state index in [0.29, 0.717) is 31.2 Å². The highest BCUT2D eigenvalue weighted by Gasteiger charge is 2.14. The average Bonchev–Trinajstić information content (AvgIpc) is 2.32. The maximum atomic E-state index is 11.4. The molecule has 0 spiro atoms. The van der Waals surface area contributed by atoms with Crippen molar-refractivity contribution in [3.63, 3.8) is 0 Å². The molecule has 1 saturated heterocycles. The first-order valence-corrected chi connectivity index (χ1v) is 5.59. The highest BCUT2D eigenvalue weighted by molar-refractivity contribution is 6.30. The number of aryl methyl sites for hydroxylation is 1. The number of halogens is 1. The molecular formula is C10H13ClN2O3. The van der Waals surface area contributed by atoms with Crippen LogP contribution in [0, 0.1) is 0 Å². The third kappa shape index (κ3) is 3.04. The molecule has 0 amide bonds. The van der Waals surface area contributed by atoms with Crippen molar-refractivity contribution in [2.24, 2.45) is 0 Å². The Morgan fingerprint density at radius 2 is 2.25 bits per heavy atom. The number of ether oxygens (including phenoxy) is 2. The van der Waals surface area contributed by atoms with Gasteiger partial charge in [0, 0.05) is 19.2 Å². The Bertz CT molecular complexity index is 401. The van der Waals surface area contributed by atoms with Gasteiger partial charge >= 0.3 is 5.69 Å². The molecule has 88 valence electrons. The Balaban J connectivity index is 1.93. The number of hydrogen-bond acceptors (Lipinski definition) is 4. The SMILES string of the molecule is O=c1ncc(Cl)cn1CCC1OCCCO1. The fraction of sp³-hybridized carbons (Fsp3) is 0.600. The molecule has 1 aromatic rings. The van der Waals surface area contributed by atoms with Crippen molar-refractivity contribution in [1.82, 2.24) is 9.55 Å². The summed E-state index contributed by atoms with van der Waals surface area (Å²) in [6, 6.07) is 0. The van der Waals surface area contributed by atoms with E-state index in [-0.39, 0.29) is 12.0 Å². The maximum absolute atomic E-state index is 11.4. The predicted octanol–water partition coefficient (Wildman–Crippen LogP) is 1.05. The molecule has 2 heterocycles. The molecule has 1 aliphatic rings. The van der Waals surface area contributed by atoms with Gasteiger partial charge in [0.25, 0.3) is 0 Å². The maximum Gasteiger partial charge on any atom is 0.347 e. The molecule has 0 radical (unpaired) electrons. The summed E-state index contributed by atoms with van der Waals surface area (Å²) >= 11 is 5.75. The van der Waals surface area contributed by atoms with Crippen molar-refractivity contribution in [2.45, 2.75) is 25.7 Å². The lowest BCUT2D eigenvalue weighted by Crippen LogP contribution is -2.29. The predicted molar refractivity (Wildman–Crippen MR) is 58.4 cm³/mol. The van der Waals surface area contributed by atoms with Gasteiger partial charge in [0.05, 0.1) is 24.4 Å². The van der Waals surface area contributed by atoms with Crippen LogP contribution in [0.25, 0.3) is 0 Å². The quantitative estimate of drug-likeness (QED) is 0.798. The molecule has 5 nitrogen and oxygen atoms in total. The van der Waals surface area contributed by atoms with Gasteiger partial charge in [0.15, 0.2) is 6.29 Å². The molecule has 16 heavy (non-hydrogen) atoms. The second-order valence-corrected chi connectivity index (χ2v) is 4.00. The van der Waals surface area contributed by atoms with E-state index in [9.17, 15) is 4.79 Å².